The van der Waals surface area contributed by atoms with E-state index in [-0.39, 0.29) is 18.3 Å². The molecule has 0 amide bonds. The summed E-state index contributed by atoms with van der Waals surface area (Å²) in [6.07, 6.45) is 2.41. The van der Waals surface area contributed by atoms with E-state index in [1.807, 2.05) is 13.0 Å². The van der Waals surface area contributed by atoms with E-state index in [2.05, 4.69) is 4.72 Å². The molecule has 1 unspecified atom stereocenters. The summed E-state index contributed by atoms with van der Waals surface area (Å²) in [7, 11) is -3.48. The van der Waals surface area contributed by atoms with Gasteiger partial charge in [-0.05, 0) is 30.4 Å². The SMILES string of the molecule is CCCC(CCO)CNS(=O)(=O)Cc1ccccc1C#N. The van der Waals surface area contributed by atoms with E-state index in [1.165, 1.54) is 0 Å². The molecule has 21 heavy (non-hydrogen) atoms. The minimum Gasteiger partial charge on any atom is -0.396 e. The second-order valence-corrected chi connectivity index (χ2v) is 6.85. The summed E-state index contributed by atoms with van der Waals surface area (Å²) in [5.74, 6) is -0.0599. The molecule has 0 heterocycles. The molecular weight excluding hydrogens is 288 g/mol. The van der Waals surface area contributed by atoms with E-state index in [0.717, 1.165) is 12.8 Å². The third-order valence-corrected chi connectivity index (χ3v) is 4.61. The number of hydrogen-bond acceptors (Lipinski definition) is 4. The van der Waals surface area contributed by atoms with Crippen LogP contribution in [0.5, 0.6) is 0 Å². The number of benzene rings is 1. The average molecular weight is 310 g/mol. The smallest absolute Gasteiger partial charge is 0.215 e. The van der Waals surface area contributed by atoms with Crippen molar-refractivity contribution >= 4 is 10.0 Å². The van der Waals surface area contributed by atoms with Gasteiger partial charge in [-0.2, -0.15) is 5.26 Å². The van der Waals surface area contributed by atoms with Crippen LogP contribution in [0.4, 0.5) is 0 Å². The Labute approximate surface area is 126 Å². The van der Waals surface area contributed by atoms with Crippen molar-refractivity contribution in [2.75, 3.05) is 13.2 Å². The Balaban J connectivity index is 2.67. The summed E-state index contributed by atoms with van der Waals surface area (Å²) in [5.41, 5.74) is 0.880. The first-order valence-corrected chi connectivity index (χ1v) is 8.73. The Hall–Kier alpha value is -1.42. The van der Waals surface area contributed by atoms with Gasteiger partial charge in [-0.25, -0.2) is 13.1 Å². The molecule has 0 fully saturated rings. The van der Waals surface area contributed by atoms with Crippen LogP contribution in [0.25, 0.3) is 0 Å². The van der Waals surface area contributed by atoms with Gasteiger partial charge in [0, 0.05) is 13.2 Å². The molecule has 0 aliphatic rings. The molecule has 1 aromatic rings. The van der Waals surface area contributed by atoms with Gasteiger partial charge in [0.2, 0.25) is 10.0 Å². The van der Waals surface area contributed by atoms with E-state index in [0.29, 0.717) is 24.1 Å². The Morgan fingerprint density at radius 1 is 1.33 bits per heavy atom. The van der Waals surface area contributed by atoms with Crippen LogP contribution in [0.15, 0.2) is 24.3 Å². The van der Waals surface area contributed by atoms with Crippen molar-refractivity contribution < 1.29 is 13.5 Å². The number of hydrogen-bond donors (Lipinski definition) is 2. The first-order valence-electron chi connectivity index (χ1n) is 7.08. The standard InChI is InChI=1S/C15H22N2O3S/c1-2-5-13(8-9-18)11-17-21(19,20)12-15-7-4-3-6-14(15)10-16/h3-4,6-7,13,17-18H,2,5,8-9,11-12H2,1H3. The molecule has 116 valence electrons. The molecule has 0 spiro atoms. The number of aliphatic hydroxyl groups is 1. The van der Waals surface area contributed by atoms with Crippen molar-refractivity contribution in [3.05, 3.63) is 35.4 Å². The van der Waals surface area contributed by atoms with Crippen LogP contribution in [0, 0.1) is 17.2 Å². The quantitative estimate of drug-likeness (QED) is 0.727. The zero-order valence-corrected chi connectivity index (χ0v) is 13.1. The highest BCUT2D eigenvalue weighted by Gasteiger charge is 2.16. The van der Waals surface area contributed by atoms with Crippen molar-refractivity contribution in [3.8, 4) is 6.07 Å². The second kappa shape index (κ2) is 8.78. The van der Waals surface area contributed by atoms with Crippen molar-refractivity contribution in [3.63, 3.8) is 0 Å². The molecule has 0 saturated carbocycles. The van der Waals surface area contributed by atoms with Crippen LogP contribution in [-0.2, 0) is 15.8 Å². The summed E-state index contributed by atoms with van der Waals surface area (Å²) < 4.78 is 26.8. The third kappa shape index (κ3) is 6.25. The zero-order valence-electron chi connectivity index (χ0n) is 12.2. The van der Waals surface area contributed by atoms with Gasteiger partial charge in [0.05, 0.1) is 17.4 Å². The van der Waals surface area contributed by atoms with Gasteiger partial charge in [0.25, 0.3) is 0 Å². The number of nitriles is 1. The lowest BCUT2D eigenvalue weighted by atomic mass is 10.0. The fourth-order valence-electron chi connectivity index (χ4n) is 2.20. The lowest BCUT2D eigenvalue weighted by molar-refractivity contribution is 0.251. The molecule has 1 atom stereocenters. The normalized spacial score (nSPS) is 12.8. The maximum Gasteiger partial charge on any atom is 0.215 e. The maximum atomic E-state index is 12.1. The molecule has 1 rings (SSSR count). The Morgan fingerprint density at radius 2 is 2.05 bits per heavy atom. The summed E-state index contributed by atoms with van der Waals surface area (Å²) in [6, 6.07) is 8.68. The van der Waals surface area contributed by atoms with Gasteiger partial charge in [-0.15, -0.1) is 0 Å². The van der Waals surface area contributed by atoms with E-state index >= 15 is 0 Å². The van der Waals surface area contributed by atoms with Crippen LogP contribution >= 0.6 is 0 Å². The lowest BCUT2D eigenvalue weighted by Crippen LogP contribution is -2.31. The minimum absolute atomic E-state index is 0.0592. The van der Waals surface area contributed by atoms with Crippen molar-refractivity contribution in [2.45, 2.75) is 31.9 Å². The van der Waals surface area contributed by atoms with E-state index in [1.54, 1.807) is 24.3 Å². The molecule has 0 aliphatic carbocycles. The predicted molar refractivity (Wildman–Crippen MR) is 81.9 cm³/mol. The topological polar surface area (TPSA) is 90.2 Å². The molecule has 6 heteroatoms. The fraction of sp³-hybridized carbons (Fsp3) is 0.533. The molecule has 1 aromatic carbocycles. The summed E-state index contributed by atoms with van der Waals surface area (Å²) >= 11 is 0. The van der Waals surface area contributed by atoms with Gasteiger partial charge < -0.3 is 5.11 Å². The number of nitrogens with zero attached hydrogens (tertiary/aromatic N) is 1. The molecule has 0 radical (unpaired) electrons. The van der Waals surface area contributed by atoms with Crippen molar-refractivity contribution in [2.24, 2.45) is 5.92 Å². The van der Waals surface area contributed by atoms with E-state index < -0.39 is 10.0 Å². The Kier molecular flexibility index (Phi) is 7.37. The van der Waals surface area contributed by atoms with Gasteiger partial charge in [0.15, 0.2) is 0 Å². The van der Waals surface area contributed by atoms with Crippen LogP contribution in [0.3, 0.4) is 0 Å². The third-order valence-electron chi connectivity index (χ3n) is 3.31. The molecule has 0 saturated heterocycles. The molecule has 0 aliphatic heterocycles. The lowest BCUT2D eigenvalue weighted by Gasteiger charge is -2.16. The van der Waals surface area contributed by atoms with Crippen LogP contribution in [0.2, 0.25) is 0 Å². The highest BCUT2D eigenvalue weighted by molar-refractivity contribution is 7.88. The fourth-order valence-corrected chi connectivity index (χ4v) is 3.45. The monoisotopic (exact) mass is 310 g/mol. The van der Waals surface area contributed by atoms with Crippen molar-refractivity contribution in [1.82, 2.24) is 4.72 Å². The molecule has 0 bridgehead atoms. The van der Waals surface area contributed by atoms with Crippen LogP contribution < -0.4 is 4.72 Å². The highest BCUT2D eigenvalue weighted by atomic mass is 32.2. The maximum absolute atomic E-state index is 12.1. The molecule has 5 nitrogen and oxygen atoms in total. The summed E-state index contributed by atoms with van der Waals surface area (Å²) in [6.45, 7) is 2.41. The van der Waals surface area contributed by atoms with E-state index in [9.17, 15) is 8.42 Å². The van der Waals surface area contributed by atoms with Gasteiger partial charge in [-0.3, -0.25) is 0 Å². The summed E-state index contributed by atoms with van der Waals surface area (Å²) in [4.78, 5) is 0. The largest absolute Gasteiger partial charge is 0.396 e. The van der Waals surface area contributed by atoms with Gasteiger partial charge >= 0.3 is 0 Å². The van der Waals surface area contributed by atoms with Gasteiger partial charge in [-0.1, -0.05) is 31.5 Å². The molecule has 2 N–H and O–H groups in total. The molecule has 0 aromatic heterocycles. The molecular formula is C15H22N2O3S. The van der Waals surface area contributed by atoms with E-state index in [4.69, 9.17) is 10.4 Å². The number of aliphatic hydroxyl groups excluding tert-OH is 1. The highest BCUT2D eigenvalue weighted by Crippen LogP contribution is 2.13. The number of sulfonamides is 1. The van der Waals surface area contributed by atoms with Crippen LogP contribution in [0.1, 0.15) is 37.3 Å². The second-order valence-electron chi connectivity index (χ2n) is 5.04. The average Bonchev–Trinajstić information content (AvgIpc) is 2.45. The Morgan fingerprint density at radius 3 is 2.67 bits per heavy atom. The number of rotatable bonds is 9. The van der Waals surface area contributed by atoms with Gasteiger partial charge in [0.1, 0.15) is 0 Å². The zero-order chi connectivity index (χ0) is 15.7. The number of nitrogens with one attached hydrogen (secondary N) is 1. The first kappa shape index (κ1) is 17.6. The van der Waals surface area contributed by atoms with Crippen LogP contribution in [-0.4, -0.2) is 26.7 Å². The minimum atomic E-state index is -3.48. The predicted octanol–water partition coefficient (Wildman–Crippen LogP) is 1.78. The Bertz CT molecular complexity index is 573. The summed E-state index contributed by atoms with van der Waals surface area (Å²) in [5, 5.41) is 18.0. The van der Waals surface area contributed by atoms with Crippen molar-refractivity contribution in [1.29, 1.82) is 5.26 Å². The first-order chi connectivity index (χ1) is 10.0.